The van der Waals surface area contributed by atoms with E-state index in [0.717, 1.165) is 23.6 Å². The highest BCUT2D eigenvalue weighted by Crippen LogP contribution is 2.18. The normalized spacial score (nSPS) is 10.6. The number of hydrogen-bond donors (Lipinski definition) is 2. The molecular weight excluding hydrogens is 298 g/mol. The van der Waals surface area contributed by atoms with Crippen LogP contribution in [0.3, 0.4) is 0 Å². The van der Waals surface area contributed by atoms with Gasteiger partial charge in [0.15, 0.2) is 5.82 Å². The van der Waals surface area contributed by atoms with Gasteiger partial charge in [-0.25, -0.2) is 9.97 Å². The number of hydrogen-bond acceptors (Lipinski definition) is 4. The molecule has 0 bridgehead atoms. The number of benzene rings is 1. The van der Waals surface area contributed by atoms with Gasteiger partial charge < -0.3 is 5.32 Å². The summed E-state index contributed by atoms with van der Waals surface area (Å²) in [6, 6.07) is 14.0. The molecule has 2 N–H and O–H groups in total. The molecule has 0 amide bonds. The molecule has 0 aliphatic heterocycles. The van der Waals surface area contributed by atoms with Crippen molar-refractivity contribution >= 4 is 23.2 Å². The second kappa shape index (κ2) is 6.58. The molecule has 0 aliphatic carbocycles. The highest BCUT2D eigenvalue weighted by molar-refractivity contribution is 6.28. The number of halogens is 1. The quantitative estimate of drug-likeness (QED) is 0.704. The van der Waals surface area contributed by atoms with Crippen LogP contribution in [0.1, 0.15) is 23.9 Å². The minimum absolute atomic E-state index is 0.224. The molecule has 0 fully saturated rings. The SMILES string of the molecule is CCc1cc(Nc2cc(Cc3ccccc3)nc(Cl)n2)n[nH]1. The predicted molar refractivity (Wildman–Crippen MR) is 87.5 cm³/mol. The largest absolute Gasteiger partial charge is 0.323 e. The van der Waals surface area contributed by atoms with Crippen LogP contribution >= 0.6 is 11.6 Å². The molecule has 3 aromatic rings. The molecule has 0 saturated carbocycles. The lowest BCUT2D eigenvalue weighted by atomic mass is 10.1. The monoisotopic (exact) mass is 313 g/mol. The minimum atomic E-state index is 0.224. The van der Waals surface area contributed by atoms with Crippen LogP contribution in [-0.4, -0.2) is 20.2 Å². The van der Waals surface area contributed by atoms with E-state index >= 15 is 0 Å². The van der Waals surface area contributed by atoms with Gasteiger partial charge in [0.1, 0.15) is 5.82 Å². The maximum atomic E-state index is 6.02. The van der Waals surface area contributed by atoms with Crippen molar-refractivity contribution in [1.29, 1.82) is 0 Å². The lowest BCUT2D eigenvalue weighted by molar-refractivity contribution is 0.974. The molecule has 0 spiro atoms. The first kappa shape index (κ1) is 14.5. The average molecular weight is 314 g/mol. The highest BCUT2D eigenvalue weighted by Gasteiger charge is 2.06. The maximum absolute atomic E-state index is 6.02. The van der Waals surface area contributed by atoms with Crippen molar-refractivity contribution in [2.75, 3.05) is 5.32 Å². The maximum Gasteiger partial charge on any atom is 0.224 e. The van der Waals surface area contributed by atoms with E-state index in [2.05, 4.69) is 44.5 Å². The third-order valence-corrected chi connectivity index (χ3v) is 3.42. The highest BCUT2D eigenvalue weighted by atomic mass is 35.5. The molecule has 2 heterocycles. The van der Waals surface area contributed by atoms with E-state index in [0.29, 0.717) is 12.2 Å². The fourth-order valence-electron chi connectivity index (χ4n) is 2.16. The summed E-state index contributed by atoms with van der Waals surface area (Å²) >= 11 is 6.02. The number of aromatic nitrogens is 4. The van der Waals surface area contributed by atoms with Gasteiger partial charge in [-0.05, 0) is 23.6 Å². The van der Waals surface area contributed by atoms with Gasteiger partial charge in [-0.15, -0.1) is 0 Å². The lowest BCUT2D eigenvalue weighted by Crippen LogP contribution is -2.00. The number of nitrogens with zero attached hydrogens (tertiary/aromatic N) is 3. The van der Waals surface area contributed by atoms with Gasteiger partial charge in [-0.1, -0.05) is 37.3 Å². The Bertz CT molecular complexity index is 754. The third-order valence-electron chi connectivity index (χ3n) is 3.25. The van der Waals surface area contributed by atoms with E-state index in [1.807, 2.05) is 30.3 Å². The van der Waals surface area contributed by atoms with E-state index in [1.165, 1.54) is 5.56 Å². The van der Waals surface area contributed by atoms with E-state index in [1.54, 1.807) is 0 Å². The van der Waals surface area contributed by atoms with Crippen LogP contribution in [0.4, 0.5) is 11.6 Å². The molecule has 6 heteroatoms. The fraction of sp³-hybridized carbons (Fsp3) is 0.188. The Morgan fingerprint density at radius 1 is 1.09 bits per heavy atom. The second-order valence-electron chi connectivity index (χ2n) is 4.93. The van der Waals surface area contributed by atoms with Crippen molar-refractivity contribution < 1.29 is 0 Å². The first-order valence-electron chi connectivity index (χ1n) is 7.11. The molecule has 0 atom stereocenters. The van der Waals surface area contributed by atoms with Crippen LogP contribution in [-0.2, 0) is 12.8 Å². The van der Waals surface area contributed by atoms with E-state index in [4.69, 9.17) is 11.6 Å². The van der Waals surface area contributed by atoms with Crippen molar-refractivity contribution in [3.05, 3.63) is 64.7 Å². The Labute approximate surface area is 133 Å². The zero-order valence-corrected chi connectivity index (χ0v) is 12.9. The van der Waals surface area contributed by atoms with E-state index in [-0.39, 0.29) is 5.28 Å². The summed E-state index contributed by atoms with van der Waals surface area (Å²) in [6.07, 6.45) is 1.61. The number of rotatable bonds is 5. The molecule has 0 unspecified atom stereocenters. The molecule has 2 aromatic heterocycles. The Hall–Kier alpha value is -2.40. The van der Waals surface area contributed by atoms with Crippen LogP contribution < -0.4 is 5.32 Å². The van der Waals surface area contributed by atoms with Crippen LogP contribution in [0.2, 0.25) is 5.28 Å². The molecule has 1 aromatic carbocycles. The van der Waals surface area contributed by atoms with E-state index < -0.39 is 0 Å². The van der Waals surface area contributed by atoms with Crippen LogP contribution in [0.5, 0.6) is 0 Å². The zero-order chi connectivity index (χ0) is 15.4. The Morgan fingerprint density at radius 2 is 1.91 bits per heavy atom. The number of aryl methyl sites for hydroxylation is 1. The van der Waals surface area contributed by atoms with Gasteiger partial charge >= 0.3 is 0 Å². The average Bonchev–Trinajstić information content (AvgIpc) is 2.95. The predicted octanol–water partition coefficient (Wildman–Crippen LogP) is 3.75. The van der Waals surface area contributed by atoms with Gasteiger partial charge in [0.05, 0.1) is 5.69 Å². The number of aromatic amines is 1. The van der Waals surface area contributed by atoms with Crippen molar-refractivity contribution in [2.24, 2.45) is 0 Å². The van der Waals surface area contributed by atoms with Crippen LogP contribution in [0.25, 0.3) is 0 Å². The van der Waals surface area contributed by atoms with Crippen LogP contribution in [0.15, 0.2) is 42.5 Å². The minimum Gasteiger partial charge on any atom is -0.323 e. The smallest absolute Gasteiger partial charge is 0.224 e. The molecule has 3 rings (SSSR count). The fourth-order valence-corrected chi connectivity index (χ4v) is 2.36. The molecule has 0 saturated heterocycles. The summed E-state index contributed by atoms with van der Waals surface area (Å²) in [5.41, 5.74) is 3.10. The molecule has 22 heavy (non-hydrogen) atoms. The summed E-state index contributed by atoms with van der Waals surface area (Å²) in [7, 11) is 0. The van der Waals surface area contributed by atoms with Crippen molar-refractivity contribution in [1.82, 2.24) is 20.2 Å². The Kier molecular flexibility index (Phi) is 4.34. The second-order valence-corrected chi connectivity index (χ2v) is 5.27. The summed E-state index contributed by atoms with van der Waals surface area (Å²) in [6.45, 7) is 2.07. The number of H-pyrrole nitrogens is 1. The summed E-state index contributed by atoms with van der Waals surface area (Å²) < 4.78 is 0. The first-order valence-corrected chi connectivity index (χ1v) is 7.49. The van der Waals surface area contributed by atoms with Gasteiger partial charge in [0.2, 0.25) is 5.28 Å². The summed E-state index contributed by atoms with van der Waals surface area (Å²) in [5.74, 6) is 1.36. The Balaban J connectivity index is 1.80. The third kappa shape index (κ3) is 3.62. The number of anilines is 2. The van der Waals surface area contributed by atoms with Crippen molar-refractivity contribution in [3.8, 4) is 0 Å². The topological polar surface area (TPSA) is 66.5 Å². The van der Waals surface area contributed by atoms with Gasteiger partial charge in [-0.2, -0.15) is 5.10 Å². The van der Waals surface area contributed by atoms with Gasteiger partial charge in [0.25, 0.3) is 0 Å². The molecule has 5 nitrogen and oxygen atoms in total. The summed E-state index contributed by atoms with van der Waals surface area (Å²) in [5, 5.41) is 10.5. The Morgan fingerprint density at radius 3 is 2.64 bits per heavy atom. The molecule has 112 valence electrons. The van der Waals surface area contributed by atoms with Gasteiger partial charge in [0, 0.05) is 24.2 Å². The van der Waals surface area contributed by atoms with Crippen molar-refractivity contribution in [3.63, 3.8) is 0 Å². The summed E-state index contributed by atoms with van der Waals surface area (Å²) in [4.78, 5) is 8.47. The first-order chi connectivity index (χ1) is 10.7. The van der Waals surface area contributed by atoms with E-state index in [9.17, 15) is 0 Å². The molecule has 0 aliphatic rings. The molecule has 0 radical (unpaired) electrons. The number of nitrogens with one attached hydrogen (secondary N) is 2. The zero-order valence-electron chi connectivity index (χ0n) is 12.2. The standard InChI is InChI=1S/C16H16ClN5/c1-2-12-9-15(22-21-12)19-14-10-13(18-16(17)20-14)8-11-6-4-3-5-7-11/h3-7,9-10H,2,8H2,1H3,(H2,18,19,20,21,22). The van der Waals surface area contributed by atoms with Gasteiger partial charge in [-0.3, -0.25) is 5.10 Å². The molecular formula is C16H16ClN5. The van der Waals surface area contributed by atoms with Crippen molar-refractivity contribution in [2.45, 2.75) is 19.8 Å². The lowest BCUT2D eigenvalue weighted by Gasteiger charge is -2.06. The van der Waals surface area contributed by atoms with Crippen LogP contribution in [0, 0.1) is 0 Å².